The van der Waals surface area contributed by atoms with Crippen molar-refractivity contribution in [1.29, 1.82) is 0 Å². The molecule has 1 N–H and O–H groups in total. The van der Waals surface area contributed by atoms with Crippen molar-refractivity contribution in [1.82, 2.24) is 0 Å². The molecule has 2 aliphatic rings. The second-order valence-electron chi connectivity index (χ2n) is 7.07. The van der Waals surface area contributed by atoms with Crippen molar-refractivity contribution in [2.45, 2.75) is 39.3 Å². The zero-order valence-electron chi connectivity index (χ0n) is 12.4. The van der Waals surface area contributed by atoms with Gasteiger partial charge in [-0.2, -0.15) is 0 Å². The highest BCUT2D eigenvalue weighted by atomic mass is 14.8. The first-order valence-corrected chi connectivity index (χ1v) is 7.45. The Bertz CT molecular complexity index is 508. The van der Waals surface area contributed by atoms with Crippen molar-refractivity contribution in [3.8, 4) is 0 Å². The van der Waals surface area contributed by atoms with Crippen LogP contribution in [0.2, 0.25) is 12.6 Å². The molecule has 0 amide bonds. The molecule has 1 heterocycles. The molecular weight excluding hydrogens is 229 g/mol. The number of rotatable bonds is 3. The molecule has 1 aromatic rings. The van der Waals surface area contributed by atoms with Crippen LogP contribution < -0.4 is 10.8 Å². The van der Waals surface area contributed by atoms with Gasteiger partial charge in [-0.15, -0.1) is 0 Å². The van der Waals surface area contributed by atoms with Gasteiger partial charge in [0.2, 0.25) is 0 Å². The summed E-state index contributed by atoms with van der Waals surface area (Å²) in [5.74, 6) is 0. The van der Waals surface area contributed by atoms with E-state index in [1.807, 2.05) is 13.1 Å². The zero-order valence-corrected chi connectivity index (χ0v) is 12.4. The van der Waals surface area contributed by atoms with Gasteiger partial charge in [-0.25, -0.2) is 0 Å². The summed E-state index contributed by atoms with van der Waals surface area (Å²) in [6.45, 7) is 9.56. The SMILES string of the molecule is C=Cc1ccc(B2CC(C)(C)C3(CC3)C2)cc1NC. The molecular formula is C17H24BN. The smallest absolute Gasteiger partial charge is 0.177 e. The van der Waals surface area contributed by atoms with Crippen LogP contribution in [0.4, 0.5) is 5.69 Å². The molecule has 0 unspecified atom stereocenters. The van der Waals surface area contributed by atoms with Crippen LogP contribution in [0.1, 0.15) is 32.3 Å². The average Bonchev–Trinajstić information content (AvgIpc) is 3.12. The number of benzene rings is 1. The van der Waals surface area contributed by atoms with Crippen LogP contribution in [-0.4, -0.2) is 13.8 Å². The lowest BCUT2D eigenvalue weighted by Crippen LogP contribution is -2.28. The summed E-state index contributed by atoms with van der Waals surface area (Å²) in [5.41, 5.74) is 5.10. The van der Waals surface area contributed by atoms with Crippen LogP contribution in [-0.2, 0) is 0 Å². The van der Waals surface area contributed by atoms with E-state index in [1.54, 1.807) is 0 Å². The summed E-state index contributed by atoms with van der Waals surface area (Å²) in [6, 6.07) is 6.85. The highest BCUT2D eigenvalue weighted by Crippen LogP contribution is 2.67. The molecule has 1 saturated carbocycles. The first-order chi connectivity index (χ1) is 9.01. The van der Waals surface area contributed by atoms with Crippen molar-refractivity contribution in [2.24, 2.45) is 10.8 Å². The van der Waals surface area contributed by atoms with Crippen LogP contribution in [0.25, 0.3) is 6.08 Å². The van der Waals surface area contributed by atoms with E-state index in [0.29, 0.717) is 10.8 Å². The van der Waals surface area contributed by atoms with Gasteiger partial charge in [0, 0.05) is 12.7 Å². The van der Waals surface area contributed by atoms with Gasteiger partial charge in [0.15, 0.2) is 6.71 Å². The highest BCUT2D eigenvalue weighted by molar-refractivity contribution is 6.74. The van der Waals surface area contributed by atoms with Crippen LogP contribution in [0.15, 0.2) is 24.8 Å². The molecule has 0 atom stereocenters. The van der Waals surface area contributed by atoms with Crippen LogP contribution in [0, 0.1) is 10.8 Å². The molecule has 1 nitrogen and oxygen atoms in total. The van der Waals surface area contributed by atoms with Crippen molar-refractivity contribution < 1.29 is 0 Å². The molecule has 1 aromatic carbocycles. The average molecular weight is 253 g/mol. The molecule has 19 heavy (non-hydrogen) atoms. The molecule has 0 aromatic heterocycles. The van der Waals surface area contributed by atoms with E-state index in [0.717, 1.165) is 6.71 Å². The quantitative estimate of drug-likeness (QED) is 0.806. The lowest BCUT2D eigenvalue weighted by Gasteiger charge is -2.26. The van der Waals surface area contributed by atoms with Crippen molar-refractivity contribution in [3.63, 3.8) is 0 Å². The minimum atomic E-state index is 0.522. The summed E-state index contributed by atoms with van der Waals surface area (Å²) < 4.78 is 0. The summed E-state index contributed by atoms with van der Waals surface area (Å²) in [6.07, 6.45) is 7.54. The predicted octanol–water partition coefficient (Wildman–Crippen LogP) is 3.89. The zero-order chi connectivity index (χ0) is 13.7. The third-order valence-corrected chi connectivity index (χ3v) is 5.72. The first-order valence-electron chi connectivity index (χ1n) is 7.45. The molecule has 1 spiro atoms. The van der Waals surface area contributed by atoms with Gasteiger partial charge >= 0.3 is 0 Å². The van der Waals surface area contributed by atoms with Gasteiger partial charge in [-0.05, 0) is 35.3 Å². The lowest BCUT2D eigenvalue weighted by molar-refractivity contribution is 0.260. The topological polar surface area (TPSA) is 12.0 Å². The summed E-state index contributed by atoms with van der Waals surface area (Å²) in [7, 11) is 1.99. The fourth-order valence-electron chi connectivity index (χ4n) is 4.14. The molecule has 2 heteroatoms. The fourth-order valence-corrected chi connectivity index (χ4v) is 4.14. The Kier molecular flexibility index (Phi) is 2.81. The Hall–Kier alpha value is -1.18. The number of anilines is 1. The summed E-state index contributed by atoms with van der Waals surface area (Å²) in [5, 5.41) is 3.30. The van der Waals surface area contributed by atoms with Gasteiger partial charge in [-0.3, -0.25) is 0 Å². The molecule has 0 bridgehead atoms. The maximum Gasteiger partial charge on any atom is 0.177 e. The molecule has 1 aliphatic carbocycles. The van der Waals surface area contributed by atoms with E-state index in [9.17, 15) is 0 Å². The molecule has 1 saturated heterocycles. The van der Waals surface area contributed by atoms with Gasteiger partial charge in [0.05, 0.1) is 0 Å². The third kappa shape index (κ3) is 1.93. The molecule has 3 rings (SSSR count). The van der Waals surface area contributed by atoms with Gasteiger partial charge < -0.3 is 5.32 Å². The van der Waals surface area contributed by atoms with Crippen molar-refractivity contribution >= 4 is 23.9 Å². The Morgan fingerprint density at radius 1 is 1.26 bits per heavy atom. The summed E-state index contributed by atoms with van der Waals surface area (Å²) in [4.78, 5) is 0. The van der Waals surface area contributed by atoms with E-state index in [-0.39, 0.29) is 0 Å². The number of nitrogens with one attached hydrogen (secondary N) is 1. The van der Waals surface area contributed by atoms with Crippen molar-refractivity contribution in [2.75, 3.05) is 12.4 Å². The molecule has 1 aliphatic heterocycles. The van der Waals surface area contributed by atoms with E-state index in [1.165, 1.54) is 42.2 Å². The first kappa shape index (κ1) is 12.8. The molecule has 2 fully saturated rings. The van der Waals surface area contributed by atoms with E-state index >= 15 is 0 Å². The Balaban J connectivity index is 1.90. The Morgan fingerprint density at radius 3 is 2.53 bits per heavy atom. The number of hydrogen-bond donors (Lipinski definition) is 1. The molecule has 0 radical (unpaired) electrons. The second-order valence-corrected chi connectivity index (χ2v) is 7.07. The minimum Gasteiger partial charge on any atom is -0.388 e. The van der Waals surface area contributed by atoms with E-state index < -0.39 is 0 Å². The summed E-state index contributed by atoms with van der Waals surface area (Å²) >= 11 is 0. The highest BCUT2D eigenvalue weighted by Gasteiger charge is 2.60. The minimum absolute atomic E-state index is 0.522. The lowest BCUT2D eigenvalue weighted by atomic mass is 9.42. The molecule has 100 valence electrons. The number of hydrogen-bond acceptors (Lipinski definition) is 1. The van der Waals surface area contributed by atoms with Crippen LogP contribution in [0.3, 0.4) is 0 Å². The van der Waals surface area contributed by atoms with Gasteiger partial charge in [-0.1, -0.05) is 56.7 Å². The predicted molar refractivity (Wildman–Crippen MR) is 86.5 cm³/mol. The van der Waals surface area contributed by atoms with Crippen LogP contribution >= 0.6 is 0 Å². The maximum atomic E-state index is 3.88. The van der Waals surface area contributed by atoms with Gasteiger partial charge in [0.1, 0.15) is 0 Å². The van der Waals surface area contributed by atoms with E-state index in [4.69, 9.17) is 0 Å². The second kappa shape index (κ2) is 4.16. The van der Waals surface area contributed by atoms with Crippen LogP contribution in [0.5, 0.6) is 0 Å². The maximum absolute atomic E-state index is 3.88. The largest absolute Gasteiger partial charge is 0.388 e. The Labute approximate surface area is 117 Å². The van der Waals surface area contributed by atoms with E-state index in [2.05, 4.69) is 43.9 Å². The normalized spacial score (nSPS) is 22.6. The van der Waals surface area contributed by atoms with Crippen molar-refractivity contribution in [3.05, 3.63) is 30.3 Å². The monoisotopic (exact) mass is 253 g/mol. The fraction of sp³-hybridized carbons (Fsp3) is 0.529. The van der Waals surface area contributed by atoms with Gasteiger partial charge in [0.25, 0.3) is 0 Å². The standard InChI is InChI=1S/C17H24BN/c1-5-13-6-7-14(10-15(13)19-4)18-11-16(2,3)17(12-18)8-9-17/h5-7,10,19H,1,8-9,11-12H2,2-4H3. The third-order valence-electron chi connectivity index (χ3n) is 5.72. The Morgan fingerprint density at radius 2 is 2.00 bits per heavy atom.